The summed E-state index contributed by atoms with van der Waals surface area (Å²) in [7, 11) is 1.55. The number of carboxylic acids is 1. The number of primary amides is 1. The van der Waals surface area contributed by atoms with E-state index in [4.69, 9.17) is 22.0 Å². The fourth-order valence-electron chi connectivity index (χ4n) is 5.44. The van der Waals surface area contributed by atoms with E-state index in [-0.39, 0.29) is 31.8 Å². The standard InChI is InChI=1S/C30H50N12O10/c1-15(44)23(29(52)42-10-4-6-21(42)28(51)38-17(24(31)47)7-8-22(45)46)41-27(50)20(13-43)40-26(49)19(11-16-12-35-14-37-16)39-25(48)18(34-2)5-3-9-36-30(32)33/h12,14-15,17-21,23,34,43-44H,3-11,13H2,1-2H3,(H2,31,47)(H,35,37)(H,38,51)(H,39,48)(H,40,49)(H,41,50)(H,45,46)(H4,32,33,36)/t15-,17+,18+,19+,20+,21+,23+/m1/s1. The van der Waals surface area contributed by atoms with Crippen LogP contribution in [0.25, 0.3) is 0 Å². The van der Waals surface area contributed by atoms with Crippen LogP contribution in [0.15, 0.2) is 12.5 Å². The summed E-state index contributed by atoms with van der Waals surface area (Å²) in [6, 6.07) is -7.77. The minimum absolute atomic E-state index is 0.0436. The number of aliphatic hydroxyl groups is 2. The Morgan fingerprint density at radius 2 is 1.65 bits per heavy atom. The maximum Gasteiger partial charge on any atom is 0.303 e. The number of aliphatic carboxylic acids is 1. The van der Waals surface area contributed by atoms with Crippen LogP contribution in [0.3, 0.4) is 0 Å². The van der Waals surface area contributed by atoms with Gasteiger partial charge in [-0.15, -0.1) is 0 Å². The largest absolute Gasteiger partial charge is 0.481 e. The van der Waals surface area contributed by atoms with E-state index in [0.29, 0.717) is 31.5 Å². The number of carboxylic acid groups (broad SMARTS) is 1. The van der Waals surface area contributed by atoms with Gasteiger partial charge >= 0.3 is 5.97 Å². The summed E-state index contributed by atoms with van der Waals surface area (Å²) in [5.41, 5.74) is 11.0. The number of hydrogen-bond acceptors (Lipinski definition) is 12. The molecule has 15 N–H and O–H groups in total. The number of amides is 6. The third kappa shape index (κ3) is 13.4. The van der Waals surface area contributed by atoms with Gasteiger partial charge in [-0.1, -0.05) is 0 Å². The minimum Gasteiger partial charge on any atom is -0.481 e. The molecule has 22 heteroatoms. The molecule has 0 aromatic carbocycles. The average Bonchev–Trinajstić information content (AvgIpc) is 3.79. The van der Waals surface area contributed by atoms with Crippen LogP contribution in [0.2, 0.25) is 0 Å². The maximum absolute atomic E-state index is 13.6. The molecule has 1 aliphatic heterocycles. The lowest BCUT2D eigenvalue weighted by atomic mass is 10.1. The number of nitrogens with one attached hydrogen (secondary N) is 8. The zero-order valence-corrected chi connectivity index (χ0v) is 29.0. The number of likely N-dealkylation sites (N-methyl/N-ethyl adjacent to an activating group) is 1. The van der Waals surface area contributed by atoms with E-state index in [2.05, 4.69) is 41.9 Å². The maximum atomic E-state index is 13.6. The highest BCUT2D eigenvalue weighted by molar-refractivity contribution is 5.97. The van der Waals surface area contributed by atoms with Crippen LogP contribution in [0.1, 0.15) is 51.1 Å². The molecule has 1 aromatic heterocycles. The summed E-state index contributed by atoms with van der Waals surface area (Å²) in [5.74, 6) is -6.54. The van der Waals surface area contributed by atoms with Crippen LogP contribution in [-0.2, 0) is 40.0 Å². The molecule has 0 spiro atoms. The molecule has 6 amide bonds. The van der Waals surface area contributed by atoms with Crippen molar-refractivity contribution in [2.45, 2.75) is 94.2 Å². The van der Waals surface area contributed by atoms with E-state index in [1.165, 1.54) is 19.4 Å². The smallest absolute Gasteiger partial charge is 0.303 e. The fourth-order valence-corrected chi connectivity index (χ4v) is 5.44. The second kappa shape index (κ2) is 21.1. The van der Waals surface area contributed by atoms with Gasteiger partial charge in [0, 0.05) is 32.1 Å². The quantitative estimate of drug-likeness (QED) is 0.0300. The first-order valence-electron chi connectivity index (χ1n) is 16.6. The van der Waals surface area contributed by atoms with Gasteiger partial charge < -0.3 is 68.6 Å². The molecule has 2 heterocycles. The summed E-state index contributed by atoms with van der Waals surface area (Å²) >= 11 is 0. The first-order chi connectivity index (χ1) is 24.6. The topological polar surface area (TPSA) is 360 Å². The molecule has 0 bridgehead atoms. The number of likely N-dealkylation sites (tertiary alicyclic amines) is 1. The molecule has 290 valence electrons. The lowest BCUT2D eigenvalue weighted by molar-refractivity contribution is -0.145. The Morgan fingerprint density at radius 3 is 2.21 bits per heavy atom. The molecule has 0 radical (unpaired) electrons. The van der Waals surface area contributed by atoms with Crippen molar-refractivity contribution in [3.8, 4) is 0 Å². The third-order valence-electron chi connectivity index (χ3n) is 8.26. The fraction of sp³-hybridized carbons (Fsp3) is 0.633. The van der Waals surface area contributed by atoms with Gasteiger partial charge in [-0.25, -0.2) is 4.98 Å². The Labute approximate surface area is 299 Å². The lowest BCUT2D eigenvalue weighted by Gasteiger charge is -2.31. The van der Waals surface area contributed by atoms with Crippen molar-refractivity contribution < 1.29 is 48.9 Å². The Morgan fingerprint density at radius 1 is 1.00 bits per heavy atom. The molecular formula is C30H50N12O10. The molecule has 22 nitrogen and oxygen atoms in total. The van der Waals surface area contributed by atoms with Crippen molar-refractivity contribution in [3.05, 3.63) is 18.2 Å². The predicted molar refractivity (Wildman–Crippen MR) is 182 cm³/mol. The van der Waals surface area contributed by atoms with Crippen LogP contribution >= 0.6 is 0 Å². The monoisotopic (exact) mass is 738 g/mol. The third-order valence-corrected chi connectivity index (χ3v) is 8.26. The van der Waals surface area contributed by atoms with Gasteiger partial charge in [-0.3, -0.25) is 39.0 Å². The van der Waals surface area contributed by atoms with Crippen molar-refractivity contribution in [3.63, 3.8) is 0 Å². The summed E-state index contributed by atoms with van der Waals surface area (Å²) in [6.45, 7) is 0.641. The van der Waals surface area contributed by atoms with Crippen LogP contribution < -0.4 is 43.4 Å². The van der Waals surface area contributed by atoms with Crippen LogP contribution in [0.4, 0.5) is 0 Å². The first kappa shape index (κ1) is 42.8. The number of aromatic nitrogens is 2. The van der Waals surface area contributed by atoms with Crippen LogP contribution in [0, 0.1) is 5.41 Å². The second-order valence-electron chi connectivity index (χ2n) is 12.2. The van der Waals surface area contributed by atoms with Gasteiger partial charge in [0.05, 0.1) is 30.8 Å². The normalized spacial score (nSPS) is 17.4. The van der Waals surface area contributed by atoms with Gasteiger partial charge in [0.15, 0.2) is 5.96 Å². The molecule has 52 heavy (non-hydrogen) atoms. The highest BCUT2D eigenvalue weighted by Gasteiger charge is 2.41. The zero-order valence-electron chi connectivity index (χ0n) is 29.0. The molecule has 2 rings (SSSR count). The van der Waals surface area contributed by atoms with Crippen molar-refractivity contribution in [2.75, 3.05) is 26.7 Å². The van der Waals surface area contributed by atoms with Crippen LogP contribution in [0.5, 0.6) is 0 Å². The molecule has 0 unspecified atom stereocenters. The SMILES string of the molecule is CN[C@@H](CCCNC(=N)N)C(=O)N[C@@H](Cc1c[nH]cn1)C(=O)N[C@@H](CO)C(=O)N[C@H](C(=O)N1CCC[C@H]1C(=O)N[C@@H](CCC(=O)O)C(N)=O)[C@@H](C)O. The van der Waals surface area contributed by atoms with E-state index >= 15 is 0 Å². The van der Waals surface area contributed by atoms with Crippen molar-refractivity contribution in [1.29, 1.82) is 5.41 Å². The molecular weight excluding hydrogens is 688 g/mol. The van der Waals surface area contributed by atoms with Crippen molar-refractivity contribution in [1.82, 2.24) is 46.8 Å². The number of imidazole rings is 1. The number of H-pyrrole nitrogens is 1. The molecule has 1 aromatic rings. The van der Waals surface area contributed by atoms with Gasteiger partial charge in [0.1, 0.15) is 30.2 Å². The zero-order chi connectivity index (χ0) is 39.0. The Bertz CT molecular complexity index is 1410. The van der Waals surface area contributed by atoms with E-state index < -0.39 is 96.8 Å². The number of aromatic amines is 1. The number of guanidine groups is 1. The molecule has 0 saturated carbocycles. The number of aliphatic hydroxyl groups excluding tert-OH is 2. The number of rotatable bonds is 22. The predicted octanol–water partition coefficient (Wildman–Crippen LogP) is -5.54. The first-order valence-corrected chi connectivity index (χ1v) is 16.6. The van der Waals surface area contributed by atoms with Gasteiger partial charge in [0.25, 0.3) is 0 Å². The Balaban J connectivity index is 2.15. The minimum atomic E-state index is -1.65. The molecule has 1 saturated heterocycles. The van der Waals surface area contributed by atoms with Gasteiger partial charge in [0.2, 0.25) is 35.4 Å². The summed E-state index contributed by atoms with van der Waals surface area (Å²) in [4.78, 5) is 97.3. The van der Waals surface area contributed by atoms with E-state index in [1.807, 2.05) is 0 Å². The van der Waals surface area contributed by atoms with Crippen molar-refractivity contribution in [2.24, 2.45) is 11.5 Å². The number of nitrogens with two attached hydrogens (primary N) is 2. The number of hydrogen-bond donors (Lipinski definition) is 13. The lowest BCUT2D eigenvalue weighted by Crippen LogP contribution is -2.62. The molecule has 0 aliphatic carbocycles. The van der Waals surface area contributed by atoms with Crippen LogP contribution in [-0.4, -0.2) is 147 Å². The highest BCUT2D eigenvalue weighted by atomic mass is 16.4. The summed E-state index contributed by atoms with van der Waals surface area (Å²) in [6.07, 6.45) is 1.79. The Hall–Kier alpha value is -5.35. The average molecular weight is 739 g/mol. The Kier molecular flexibility index (Phi) is 17.4. The number of carbonyl (C=O) groups excluding carboxylic acids is 6. The summed E-state index contributed by atoms with van der Waals surface area (Å²) in [5, 5.41) is 51.9. The second-order valence-corrected chi connectivity index (χ2v) is 12.2. The van der Waals surface area contributed by atoms with Gasteiger partial charge in [-0.2, -0.15) is 0 Å². The van der Waals surface area contributed by atoms with E-state index in [1.54, 1.807) is 7.05 Å². The van der Waals surface area contributed by atoms with E-state index in [9.17, 15) is 43.8 Å². The van der Waals surface area contributed by atoms with E-state index in [0.717, 1.165) is 4.90 Å². The number of nitrogens with zero attached hydrogens (tertiary/aromatic N) is 2. The van der Waals surface area contributed by atoms with Crippen molar-refractivity contribution >= 4 is 47.4 Å². The molecule has 1 aliphatic rings. The highest BCUT2D eigenvalue weighted by Crippen LogP contribution is 2.20. The number of carbonyl (C=O) groups is 7. The molecule has 1 fully saturated rings. The van der Waals surface area contributed by atoms with Gasteiger partial charge in [-0.05, 0) is 46.1 Å². The summed E-state index contributed by atoms with van der Waals surface area (Å²) < 4.78 is 0. The molecule has 7 atom stereocenters.